The van der Waals surface area contributed by atoms with Gasteiger partial charge in [0.25, 0.3) is 0 Å². The fourth-order valence-corrected chi connectivity index (χ4v) is 0.670. The number of hydrogen-bond donors (Lipinski definition) is 0. The predicted molar refractivity (Wildman–Crippen MR) is 52.9 cm³/mol. The van der Waals surface area contributed by atoms with E-state index < -0.39 is 0 Å². The first kappa shape index (κ1) is 10.7. The SMILES string of the molecule is CC.CC#Cc1ccc(C)cn1. The quantitative estimate of drug-likeness (QED) is 0.533. The second-order valence-corrected chi connectivity index (χ2v) is 2.10. The van der Waals surface area contributed by atoms with Crippen LogP contribution in [0.25, 0.3) is 0 Å². The summed E-state index contributed by atoms with van der Waals surface area (Å²) < 4.78 is 0. The summed E-state index contributed by atoms with van der Waals surface area (Å²) in [5.74, 6) is 5.66. The fraction of sp³-hybridized carbons (Fsp3) is 0.364. The van der Waals surface area contributed by atoms with E-state index in [1.54, 1.807) is 0 Å². The molecular weight excluding hydrogens is 146 g/mol. The minimum atomic E-state index is 0.841. The number of rotatable bonds is 0. The second-order valence-electron chi connectivity index (χ2n) is 2.10. The van der Waals surface area contributed by atoms with Crippen LogP contribution in [0, 0.1) is 18.8 Å². The van der Waals surface area contributed by atoms with Crippen LogP contribution in [0.2, 0.25) is 0 Å². The summed E-state index contributed by atoms with van der Waals surface area (Å²) in [6, 6.07) is 3.93. The van der Waals surface area contributed by atoms with Crippen LogP contribution < -0.4 is 0 Å². The highest BCUT2D eigenvalue weighted by Gasteiger charge is 1.84. The maximum Gasteiger partial charge on any atom is 0.113 e. The number of pyridine rings is 1. The molecule has 0 aliphatic carbocycles. The van der Waals surface area contributed by atoms with Crippen LogP contribution >= 0.6 is 0 Å². The maximum atomic E-state index is 4.09. The van der Waals surface area contributed by atoms with Gasteiger partial charge in [0, 0.05) is 6.20 Å². The molecule has 0 saturated heterocycles. The predicted octanol–water partition coefficient (Wildman–Crippen LogP) is 2.79. The molecule has 0 bridgehead atoms. The Morgan fingerprint density at radius 2 is 1.92 bits per heavy atom. The summed E-state index contributed by atoms with van der Waals surface area (Å²) >= 11 is 0. The molecule has 0 atom stereocenters. The van der Waals surface area contributed by atoms with E-state index in [0.29, 0.717) is 0 Å². The Morgan fingerprint density at radius 3 is 2.33 bits per heavy atom. The van der Waals surface area contributed by atoms with E-state index in [-0.39, 0.29) is 0 Å². The van der Waals surface area contributed by atoms with E-state index in [0.717, 1.165) is 5.69 Å². The summed E-state index contributed by atoms with van der Waals surface area (Å²) in [6.07, 6.45) is 1.82. The van der Waals surface area contributed by atoms with Gasteiger partial charge in [-0.25, -0.2) is 4.98 Å². The molecule has 0 amide bonds. The van der Waals surface area contributed by atoms with E-state index in [2.05, 4.69) is 16.8 Å². The van der Waals surface area contributed by atoms with E-state index >= 15 is 0 Å². The first-order chi connectivity index (χ1) is 5.83. The molecule has 0 saturated carbocycles. The Balaban J connectivity index is 0.000000561. The van der Waals surface area contributed by atoms with Crippen LogP contribution in [-0.2, 0) is 0 Å². The molecule has 1 heterocycles. The molecule has 64 valence electrons. The van der Waals surface area contributed by atoms with Crippen molar-refractivity contribution in [2.75, 3.05) is 0 Å². The first-order valence-corrected chi connectivity index (χ1v) is 4.18. The molecule has 1 aromatic heterocycles. The van der Waals surface area contributed by atoms with Crippen LogP contribution in [0.5, 0.6) is 0 Å². The minimum absolute atomic E-state index is 0.841. The topological polar surface area (TPSA) is 12.9 Å². The van der Waals surface area contributed by atoms with Gasteiger partial charge in [-0.3, -0.25) is 0 Å². The second kappa shape index (κ2) is 6.42. The molecule has 12 heavy (non-hydrogen) atoms. The molecule has 0 aliphatic rings. The van der Waals surface area contributed by atoms with Crippen molar-refractivity contribution in [1.29, 1.82) is 0 Å². The Hall–Kier alpha value is -1.29. The van der Waals surface area contributed by atoms with Crippen molar-refractivity contribution >= 4 is 0 Å². The molecule has 0 aromatic carbocycles. The number of nitrogens with zero attached hydrogens (tertiary/aromatic N) is 1. The van der Waals surface area contributed by atoms with Gasteiger partial charge in [0.2, 0.25) is 0 Å². The zero-order valence-electron chi connectivity index (χ0n) is 8.18. The lowest BCUT2D eigenvalue weighted by Crippen LogP contribution is -1.80. The van der Waals surface area contributed by atoms with Crippen LogP contribution in [-0.4, -0.2) is 4.98 Å². The van der Waals surface area contributed by atoms with Gasteiger partial charge >= 0.3 is 0 Å². The Morgan fingerprint density at radius 1 is 1.25 bits per heavy atom. The molecule has 0 unspecified atom stereocenters. The fourth-order valence-electron chi connectivity index (χ4n) is 0.670. The lowest BCUT2D eigenvalue weighted by Gasteiger charge is -1.89. The number of aromatic nitrogens is 1. The third kappa shape index (κ3) is 3.78. The van der Waals surface area contributed by atoms with Crippen LogP contribution in [0.1, 0.15) is 32.0 Å². The largest absolute Gasteiger partial charge is 0.248 e. The molecule has 0 N–H and O–H groups in total. The average molecular weight is 161 g/mol. The monoisotopic (exact) mass is 161 g/mol. The maximum absolute atomic E-state index is 4.09. The molecule has 1 nitrogen and oxygen atoms in total. The highest BCUT2D eigenvalue weighted by Crippen LogP contribution is 1.95. The lowest BCUT2D eigenvalue weighted by molar-refractivity contribution is 1.24. The molecule has 1 heteroatoms. The van der Waals surface area contributed by atoms with Crippen molar-refractivity contribution in [3.05, 3.63) is 29.6 Å². The summed E-state index contributed by atoms with van der Waals surface area (Å²) in [4.78, 5) is 4.09. The number of hydrogen-bond acceptors (Lipinski definition) is 1. The average Bonchev–Trinajstić information content (AvgIpc) is 2.13. The van der Waals surface area contributed by atoms with Crippen molar-refractivity contribution in [3.8, 4) is 11.8 Å². The number of aryl methyl sites for hydroxylation is 1. The molecule has 1 aromatic rings. The molecular formula is C11H15N. The normalized spacial score (nSPS) is 7.33. The Kier molecular flexibility index (Phi) is 5.73. The van der Waals surface area contributed by atoms with Gasteiger partial charge in [-0.1, -0.05) is 25.8 Å². The summed E-state index contributed by atoms with van der Waals surface area (Å²) in [7, 11) is 0. The van der Waals surface area contributed by atoms with Gasteiger partial charge < -0.3 is 0 Å². The first-order valence-electron chi connectivity index (χ1n) is 4.18. The minimum Gasteiger partial charge on any atom is -0.248 e. The molecule has 0 spiro atoms. The van der Waals surface area contributed by atoms with Gasteiger partial charge in [-0.15, -0.1) is 0 Å². The van der Waals surface area contributed by atoms with Gasteiger partial charge in [-0.2, -0.15) is 0 Å². The van der Waals surface area contributed by atoms with Gasteiger partial charge in [-0.05, 0) is 31.4 Å². The molecule has 0 fully saturated rings. The van der Waals surface area contributed by atoms with Crippen LogP contribution in [0.4, 0.5) is 0 Å². The van der Waals surface area contributed by atoms with Crippen molar-refractivity contribution in [2.24, 2.45) is 0 Å². The Labute approximate surface area is 74.8 Å². The van der Waals surface area contributed by atoms with Gasteiger partial charge in [0.05, 0.1) is 0 Å². The standard InChI is InChI=1S/C9H9N.C2H6/c1-3-4-9-6-5-8(2)7-10-9;1-2/h5-7H,1-2H3;1-2H3. The van der Waals surface area contributed by atoms with Crippen LogP contribution in [0.15, 0.2) is 18.3 Å². The molecule has 0 aliphatic heterocycles. The zero-order chi connectivity index (χ0) is 9.40. The van der Waals surface area contributed by atoms with E-state index in [1.807, 2.05) is 46.0 Å². The Bertz CT molecular complexity index is 261. The van der Waals surface area contributed by atoms with Crippen molar-refractivity contribution in [3.63, 3.8) is 0 Å². The van der Waals surface area contributed by atoms with Gasteiger partial charge in [0.1, 0.15) is 5.69 Å². The zero-order valence-corrected chi connectivity index (χ0v) is 8.18. The molecule has 1 rings (SSSR count). The highest BCUT2D eigenvalue weighted by atomic mass is 14.7. The lowest BCUT2D eigenvalue weighted by atomic mass is 10.3. The van der Waals surface area contributed by atoms with E-state index in [4.69, 9.17) is 0 Å². The third-order valence-corrected chi connectivity index (χ3v) is 1.16. The van der Waals surface area contributed by atoms with E-state index in [9.17, 15) is 0 Å². The van der Waals surface area contributed by atoms with Crippen molar-refractivity contribution in [2.45, 2.75) is 27.7 Å². The van der Waals surface area contributed by atoms with Gasteiger partial charge in [0.15, 0.2) is 0 Å². The smallest absolute Gasteiger partial charge is 0.113 e. The summed E-state index contributed by atoms with van der Waals surface area (Å²) in [5.41, 5.74) is 2.01. The van der Waals surface area contributed by atoms with Crippen molar-refractivity contribution < 1.29 is 0 Å². The third-order valence-electron chi connectivity index (χ3n) is 1.16. The summed E-state index contributed by atoms with van der Waals surface area (Å²) in [6.45, 7) is 7.82. The summed E-state index contributed by atoms with van der Waals surface area (Å²) in [5, 5.41) is 0. The van der Waals surface area contributed by atoms with Crippen molar-refractivity contribution in [1.82, 2.24) is 4.98 Å². The van der Waals surface area contributed by atoms with Crippen LogP contribution in [0.3, 0.4) is 0 Å². The van der Waals surface area contributed by atoms with E-state index in [1.165, 1.54) is 5.56 Å². The molecule has 0 radical (unpaired) electrons. The highest BCUT2D eigenvalue weighted by molar-refractivity contribution is 5.27.